The van der Waals surface area contributed by atoms with E-state index >= 15 is 0 Å². The number of halogens is 4. The first kappa shape index (κ1) is 17.5. The average Bonchev–Trinajstić information content (AvgIpc) is 2.38. The van der Waals surface area contributed by atoms with Crippen LogP contribution in [0.4, 0.5) is 13.2 Å². The number of rotatable bonds is 7. The fourth-order valence-corrected chi connectivity index (χ4v) is 2.67. The molecular formula is C15H21BrF3N. The van der Waals surface area contributed by atoms with Crippen LogP contribution >= 0.6 is 15.9 Å². The summed E-state index contributed by atoms with van der Waals surface area (Å²) in [5.41, 5.74) is -0.221. The highest BCUT2D eigenvalue weighted by Crippen LogP contribution is 2.37. The third-order valence-electron chi connectivity index (χ3n) is 3.39. The Balaban J connectivity index is 2.91. The highest BCUT2D eigenvalue weighted by atomic mass is 79.9. The molecule has 1 atom stereocenters. The van der Waals surface area contributed by atoms with Crippen LogP contribution in [0.1, 0.15) is 56.2 Å². The van der Waals surface area contributed by atoms with Crippen molar-refractivity contribution in [1.82, 2.24) is 5.32 Å². The van der Waals surface area contributed by atoms with Crippen LogP contribution in [0.5, 0.6) is 0 Å². The van der Waals surface area contributed by atoms with Crippen LogP contribution in [0.25, 0.3) is 0 Å². The van der Waals surface area contributed by atoms with Gasteiger partial charge in [0.25, 0.3) is 0 Å². The van der Waals surface area contributed by atoms with Gasteiger partial charge in [-0.25, -0.2) is 0 Å². The monoisotopic (exact) mass is 351 g/mol. The highest BCUT2D eigenvalue weighted by Gasteiger charge is 2.35. The van der Waals surface area contributed by atoms with Crippen molar-refractivity contribution < 1.29 is 13.2 Å². The van der Waals surface area contributed by atoms with Crippen LogP contribution in [0, 0.1) is 0 Å². The van der Waals surface area contributed by atoms with Gasteiger partial charge in [-0.3, -0.25) is 0 Å². The fraction of sp³-hybridized carbons (Fsp3) is 0.600. The Morgan fingerprint density at radius 3 is 2.45 bits per heavy atom. The van der Waals surface area contributed by atoms with Crippen molar-refractivity contribution in [2.24, 2.45) is 0 Å². The van der Waals surface area contributed by atoms with E-state index in [1.54, 1.807) is 19.2 Å². The van der Waals surface area contributed by atoms with Crippen LogP contribution in [0.15, 0.2) is 22.7 Å². The zero-order chi connectivity index (χ0) is 15.2. The van der Waals surface area contributed by atoms with Gasteiger partial charge in [0, 0.05) is 10.5 Å². The lowest BCUT2D eigenvalue weighted by molar-refractivity contribution is -0.138. The Bertz CT molecular complexity index is 418. The lowest BCUT2D eigenvalue weighted by Gasteiger charge is -2.21. The SMILES string of the molecule is CCCCCCC(NC)c1ccc(Br)cc1C(F)(F)F. The van der Waals surface area contributed by atoms with Crippen LogP contribution < -0.4 is 5.32 Å². The quantitative estimate of drug-likeness (QED) is 0.621. The molecule has 0 radical (unpaired) electrons. The standard InChI is InChI=1S/C15H21BrF3N/c1-3-4-5-6-7-14(20-2)12-9-8-11(16)10-13(12)15(17,18)19/h8-10,14,20H,3-7H2,1-2H3. The molecule has 1 aromatic rings. The summed E-state index contributed by atoms with van der Waals surface area (Å²) in [6, 6.07) is 4.14. The maximum absolute atomic E-state index is 13.1. The lowest BCUT2D eigenvalue weighted by atomic mass is 9.95. The molecule has 1 rings (SSSR count). The third kappa shape index (κ3) is 5.09. The van der Waals surface area contributed by atoms with E-state index in [-0.39, 0.29) is 6.04 Å². The van der Waals surface area contributed by atoms with Crippen molar-refractivity contribution in [2.75, 3.05) is 7.05 Å². The Hall–Kier alpha value is -0.550. The van der Waals surface area contributed by atoms with Crippen molar-refractivity contribution in [2.45, 2.75) is 51.2 Å². The van der Waals surface area contributed by atoms with E-state index in [0.717, 1.165) is 38.2 Å². The van der Waals surface area contributed by atoms with Gasteiger partial charge in [0.2, 0.25) is 0 Å². The van der Waals surface area contributed by atoms with E-state index in [1.807, 2.05) is 0 Å². The molecule has 0 aliphatic carbocycles. The summed E-state index contributed by atoms with van der Waals surface area (Å²) < 4.78 is 39.8. The molecule has 0 saturated carbocycles. The summed E-state index contributed by atoms with van der Waals surface area (Å²) in [7, 11) is 1.71. The second kappa shape index (κ2) is 8.03. The summed E-state index contributed by atoms with van der Waals surface area (Å²) in [6.45, 7) is 2.12. The number of benzene rings is 1. The van der Waals surface area contributed by atoms with E-state index in [9.17, 15) is 13.2 Å². The zero-order valence-corrected chi connectivity index (χ0v) is 13.4. The molecule has 0 fully saturated rings. The first-order valence-corrected chi connectivity index (χ1v) is 7.73. The molecule has 0 amide bonds. The second-order valence-electron chi connectivity index (χ2n) is 4.92. The Morgan fingerprint density at radius 2 is 1.90 bits per heavy atom. The van der Waals surface area contributed by atoms with Crippen molar-refractivity contribution in [3.8, 4) is 0 Å². The van der Waals surface area contributed by atoms with Crippen molar-refractivity contribution in [3.05, 3.63) is 33.8 Å². The molecule has 0 spiro atoms. The van der Waals surface area contributed by atoms with Crippen LogP contribution in [-0.2, 0) is 6.18 Å². The van der Waals surface area contributed by atoms with Gasteiger partial charge in [0.15, 0.2) is 0 Å². The van der Waals surface area contributed by atoms with Crippen molar-refractivity contribution in [3.63, 3.8) is 0 Å². The van der Waals surface area contributed by atoms with Crippen LogP contribution in [0.2, 0.25) is 0 Å². The first-order chi connectivity index (χ1) is 9.40. The minimum atomic E-state index is -4.32. The number of hydrogen-bond donors (Lipinski definition) is 1. The lowest BCUT2D eigenvalue weighted by Crippen LogP contribution is -2.21. The van der Waals surface area contributed by atoms with Crippen molar-refractivity contribution >= 4 is 15.9 Å². The number of nitrogens with one attached hydrogen (secondary N) is 1. The molecule has 1 nitrogen and oxygen atoms in total. The smallest absolute Gasteiger partial charge is 0.313 e. The molecule has 0 aromatic heterocycles. The zero-order valence-electron chi connectivity index (χ0n) is 11.9. The minimum Gasteiger partial charge on any atom is -0.313 e. The summed E-state index contributed by atoms with van der Waals surface area (Å²) in [4.78, 5) is 0. The van der Waals surface area contributed by atoms with E-state index in [2.05, 4.69) is 28.2 Å². The molecule has 0 saturated heterocycles. The number of hydrogen-bond acceptors (Lipinski definition) is 1. The van der Waals surface area contributed by atoms with Gasteiger partial charge in [-0.05, 0) is 31.2 Å². The normalized spacial score (nSPS) is 13.5. The molecule has 20 heavy (non-hydrogen) atoms. The maximum Gasteiger partial charge on any atom is 0.416 e. The van der Waals surface area contributed by atoms with Crippen molar-refractivity contribution in [1.29, 1.82) is 0 Å². The largest absolute Gasteiger partial charge is 0.416 e. The van der Waals surface area contributed by atoms with Gasteiger partial charge < -0.3 is 5.32 Å². The number of unbranched alkanes of at least 4 members (excludes halogenated alkanes) is 3. The average molecular weight is 352 g/mol. The van der Waals surface area contributed by atoms with E-state index < -0.39 is 11.7 Å². The van der Waals surface area contributed by atoms with Gasteiger partial charge >= 0.3 is 6.18 Å². The maximum atomic E-state index is 13.1. The van der Waals surface area contributed by atoms with Gasteiger partial charge in [-0.1, -0.05) is 54.6 Å². The van der Waals surface area contributed by atoms with Gasteiger partial charge in [0.05, 0.1) is 5.56 Å². The third-order valence-corrected chi connectivity index (χ3v) is 3.88. The molecule has 0 heterocycles. The second-order valence-corrected chi connectivity index (χ2v) is 5.84. The van der Waals surface area contributed by atoms with Crippen LogP contribution in [0.3, 0.4) is 0 Å². The number of alkyl halides is 3. The highest BCUT2D eigenvalue weighted by molar-refractivity contribution is 9.10. The predicted octanol–water partition coefficient (Wildman–Crippen LogP) is 5.70. The Labute approximate surface area is 127 Å². The van der Waals surface area contributed by atoms with E-state index in [0.29, 0.717) is 10.0 Å². The molecular weight excluding hydrogens is 331 g/mol. The molecule has 0 aliphatic heterocycles. The topological polar surface area (TPSA) is 12.0 Å². The first-order valence-electron chi connectivity index (χ1n) is 6.94. The predicted molar refractivity (Wildman–Crippen MR) is 79.7 cm³/mol. The summed E-state index contributed by atoms with van der Waals surface area (Å²) >= 11 is 3.11. The summed E-state index contributed by atoms with van der Waals surface area (Å²) in [5.74, 6) is 0. The molecule has 1 unspecified atom stereocenters. The molecule has 0 bridgehead atoms. The Morgan fingerprint density at radius 1 is 1.20 bits per heavy atom. The van der Waals surface area contributed by atoms with E-state index in [4.69, 9.17) is 0 Å². The minimum absolute atomic E-state index is 0.253. The summed E-state index contributed by atoms with van der Waals surface area (Å²) in [6.07, 6.45) is 0.650. The van der Waals surface area contributed by atoms with E-state index in [1.165, 1.54) is 0 Å². The molecule has 1 N–H and O–H groups in total. The summed E-state index contributed by atoms with van der Waals surface area (Å²) in [5, 5.41) is 3.01. The molecule has 0 aliphatic rings. The molecule has 5 heteroatoms. The van der Waals surface area contributed by atoms with Gasteiger partial charge in [0.1, 0.15) is 0 Å². The van der Waals surface area contributed by atoms with Gasteiger partial charge in [-0.15, -0.1) is 0 Å². The van der Waals surface area contributed by atoms with Gasteiger partial charge in [-0.2, -0.15) is 13.2 Å². The Kier molecular flexibility index (Phi) is 7.03. The molecule has 114 valence electrons. The fourth-order valence-electron chi connectivity index (χ4n) is 2.31. The molecule has 1 aromatic carbocycles. The van der Waals surface area contributed by atoms with Crippen LogP contribution in [-0.4, -0.2) is 7.05 Å².